The van der Waals surface area contributed by atoms with Crippen molar-refractivity contribution in [3.05, 3.63) is 76.8 Å². The minimum atomic E-state index is -0.518. The molecule has 30 heavy (non-hydrogen) atoms. The van der Waals surface area contributed by atoms with E-state index in [4.69, 9.17) is 23.8 Å². The Labute approximate surface area is 184 Å². The first-order valence-corrected chi connectivity index (χ1v) is 10.0. The van der Waals surface area contributed by atoms with Crippen molar-refractivity contribution in [2.45, 2.75) is 0 Å². The summed E-state index contributed by atoms with van der Waals surface area (Å²) in [6.07, 6.45) is 1.62. The number of rotatable bonds is 3. The third-order valence-electron chi connectivity index (χ3n) is 4.90. The Morgan fingerprint density at radius 1 is 0.967 bits per heavy atom. The number of thiocarbonyl (C=S) groups is 1. The molecule has 7 heteroatoms. The predicted molar refractivity (Wildman–Crippen MR) is 126 cm³/mol. The number of hydrogen-bond acceptors (Lipinski definition) is 4. The Hall–Kier alpha value is -3.22. The number of carbonyl (C=O) groups excluding carboxylic acids is 2. The summed E-state index contributed by atoms with van der Waals surface area (Å²) in [5.74, 6) is -0.997. The second-order valence-corrected chi connectivity index (χ2v) is 7.87. The van der Waals surface area contributed by atoms with Crippen LogP contribution in [0.1, 0.15) is 5.56 Å². The van der Waals surface area contributed by atoms with Gasteiger partial charge in [0, 0.05) is 30.2 Å². The fourth-order valence-corrected chi connectivity index (χ4v) is 3.87. The molecule has 5 nitrogen and oxygen atoms in total. The van der Waals surface area contributed by atoms with E-state index < -0.39 is 11.8 Å². The number of carbonyl (C=O) groups is 2. The van der Waals surface area contributed by atoms with Crippen LogP contribution < -0.4 is 15.1 Å². The van der Waals surface area contributed by atoms with Gasteiger partial charge < -0.3 is 4.90 Å². The van der Waals surface area contributed by atoms with Crippen LogP contribution in [0.3, 0.4) is 0 Å². The molecular formula is C23H18ClN3O2S. The maximum atomic E-state index is 13.2. The van der Waals surface area contributed by atoms with E-state index in [2.05, 4.69) is 5.32 Å². The van der Waals surface area contributed by atoms with Gasteiger partial charge in [0.2, 0.25) is 0 Å². The Morgan fingerprint density at radius 2 is 1.63 bits per heavy atom. The Morgan fingerprint density at radius 3 is 2.30 bits per heavy atom. The molecule has 0 unspecified atom stereocenters. The van der Waals surface area contributed by atoms with Crippen LogP contribution in [-0.4, -0.2) is 31.0 Å². The maximum absolute atomic E-state index is 13.2. The summed E-state index contributed by atoms with van der Waals surface area (Å²) < 4.78 is 0. The monoisotopic (exact) mass is 435 g/mol. The van der Waals surface area contributed by atoms with Crippen LogP contribution in [-0.2, 0) is 9.59 Å². The van der Waals surface area contributed by atoms with Gasteiger partial charge in [-0.25, -0.2) is 0 Å². The van der Waals surface area contributed by atoms with Crippen LogP contribution in [0.15, 0.2) is 66.2 Å². The normalized spacial score (nSPS) is 15.6. The van der Waals surface area contributed by atoms with Crippen LogP contribution in [0.2, 0.25) is 5.02 Å². The second kappa shape index (κ2) is 7.89. The summed E-state index contributed by atoms with van der Waals surface area (Å²) in [6, 6.07) is 18.5. The van der Waals surface area contributed by atoms with Crippen molar-refractivity contribution in [3.8, 4) is 0 Å². The Balaban J connectivity index is 1.82. The molecule has 1 heterocycles. The molecule has 1 fully saturated rings. The molecule has 2 amide bonds. The highest BCUT2D eigenvalue weighted by molar-refractivity contribution is 7.80. The van der Waals surface area contributed by atoms with Crippen LogP contribution in [0.5, 0.6) is 0 Å². The van der Waals surface area contributed by atoms with Gasteiger partial charge in [-0.1, -0.05) is 41.9 Å². The van der Waals surface area contributed by atoms with Crippen LogP contribution in [0.4, 0.5) is 11.4 Å². The fourth-order valence-electron chi connectivity index (χ4n) is 3.46. The topological polar surface area (TPSA) is 52.7 Å². The average molecular weight is 436 g/mol. The van der Waals surface area contributed by atoms with Gasteiger partial charge >= 0.3 is 0 Å². The van der Waals surface area contributed by atoms with E-state index in [-0.39, 0.29) is 10.7 Å². The number of nitrogens with one attached hydrogen (secondary N) is 1. The molecule has 0 spiro atoms. The molecule has 150 valence electrons. The van der Waals surface area contributed by atoms with Crippen molar-refractivity contribution in [1.29, 1.82) is 0 Å². The minimum Gasteiger partial charge on any atom is -0.377 e. The van der Waals surface area contributed by atoms with Gasteiger partial charge in [0.15, 0.2) is 5.11 Å². The fraction of sp³-hybridized carbons (Fsp3) is 0.0870. The molecular weight excluding hydrogens is 418 g/mol. The zero-order valence-corrected chi connectivity index (χ0v) is 17.9. The van der Waals surface area contributed by atoms with E-state index in [0.717, 1.165) is 22.0 Å². The number of nitrogens with zero attached hydrogens (tertiary/aromatic N) is 2. The van der Waals surface area contributed by atoms with Gasteiger partial charge in [0.05, 0.1) is 5.69 Å². The molecule has 0 saturated carbocycles. The maximum Gasteiger partial charge on any atom is 0.270 e. The van der Waals surface area contributed by atoms with Crippen molar-refractivity contribution in [3.63, 3.8) is 0 Å². The molecule has 0 aliphatic carbocycles. The summed E-state index contributed by atoms with van der Waals surface area (Å²) in [5.41, 5.74) is 2.38. The highest BCUT2D eigenvalue weighted by atomic mass is 35.5. The molecule has 0 atom stereocenters. The first kappa shape index (κ1) is 20.1. The first-order valence-electron chi connectivity index (χ1n) is 9.23. The lowest BCUT2D eigenvalue weighted by atomic mass is 9.99. The quantitative estimate of drug-likeness (QED) is 0.376. The van der Waals surface area contributed by atoms with Crippen molar-refractivity contribution < 1.29 is 9.59 Å². The Bertz CT molecular complexity index is 1220. The molecule has 1 aliphatic heterocycles. The Kier molecular flexibility index (Phi) is 5.28. The van der Waals surface area contributed by atoms with E-state index in [1.807, 2.05) is 55.4 Å². The summed E-state index contributed by atoms with van der Waals surface area (Å²) in [4.78, 5) is 29.2. The lowest BCUT2D eigenvalue weighted by Gasteiger charge is -2.29. The van der Waals surface area contributed by atoms with E-state index in [0.29, 0.717) is 10.7 Å². The van der Waals surface area contributed by atoms with Crippen molar-refractivity contribution in [2.24, 2.45) is 0 Å². The van der Waals surface area contributed by atoms with Gasteiger partial charge in [-0.15, -0.1) is 0 Å². The molecule has 0 aromatic heterocycles. The lowest BCUT2D eigenvalue weighted by molar-refractivity contribution is -0.122. The van der Waals surface area contributed by atoms with Crippen LogP contribution in [0.25, 0.3) is 16.8 Å². The number of anilines is 2. The third kappa shape index (κ3) is 3.56. The summed E-state index contributed by atoms with van der Waals surface area (Å²) >= 11 is 11.2. The van der Waals surface area contributed by atoms with E-state index in [1.165, 1.54) is 4.90 Å². The average Bonchev–Trinajstić information content (AvgIpc) is 2.72. The second-order valence-electron chi connectivity index (χ2n) is 7.05. The highest BCUT2D eigenvalue weighted by Crippen LogP contribution is 2.31. The number of amides is 2. The minimum absolute atomic E-state index is 0.0151. The number of fused-ring (bicyclic) bond motifs is 1. The standard InChI is InChI=1S/C23H18ClN3O2S/c1-26(2)20-12-7-14(17-5-3-4-6-18(17)20)13-19-21(28)25-23(30)27(22(19)29)16-10-8-15(24)9-11-16/h3-13H,1-2H3,(H,25,28,30)/b19-13-. The van der Waals surface area contributed by atoms with E-state index >= 15 is 0 Å². The molecule has 3 aromatic rings. The molecule has 3 aromatic carbocycles. The molecule has 1 aliphatic rings. The lowest BCUT2D eigenvalue weighted by Crippen LogP contribution is -2.54. The smallest absolute Gasteiger partial charge is 0.270 e. The molecule has 4 rings (SSSR count). The SMILES string of the molecule is CN(C)c1ccc(/C=C2/C(=O)NC(=S)N(c3ccc(Cl)cc3)C2=O)c2ccccc12. The number of halogens is 1. The van der Waals surface area contributed by atoms with Crippen molar-refractivity contribution >= 4 is 69.0 Å². The molecule has 0 bridgehead atoms. The molecule has 1 N–H and O–H groups in total. The van der Waals surface area contributed by atoms with Crippen molar-refractivity contribution in [1.82, 2.24) is 5.32 Å². The van der Waals surface area contributed by atoms with Gasteiger partial charge in [-0.2, -0.15) is 0 Å². The highest BCUT2D eigenvalue weighted by Gasteiger charge is 2.34. The number of hydrogen-bond donors (Lipinski definition) is 1. The summed E-state index contributed by atoms with van der Waals surface area (Å²) in [5, 5.41) is 5.17. The predicted octanol–water partition coefficient (Wildman–Crippen LogP) is 4.39. The number of benzene rings is 3. The zero-order chi connectivity index (χ0) is 21.4. The summed E-state index contributed by atoms with van der Waals surface area (Å²) in [6.45, 7) is 0. The van der Waals surface area contributed by atoms with Gasteiger partial charge in [0.1, 0.15) is 5.57 Å². The first-order chi connectivity index (χ1) is 14.4. The van der Waals surface area contributed by atoms with Crippen molar-refractivity contribution in [2.75, 3.05) is 23.9 Å². The molecule has 1 saturated heterocycles. The van der Waals surface area contributed by atoms with E-state index in [9.17, 15) is 9.59 Å². The van der Waals surface area contributed by atoms with Crippen LogP contribution in [0, 0.1) is 0 Å². The zero-order valence-electron chi connectivity index (χ0n) is 16.3. The summed E-state index contributed by atoms with van der Waals surface area (Å²) in [7, 11) is 3.95. The molecule has 0 radical (unpaired) electrons. The van der Waals surface area contributed by atoms with Gasteiger partial charge in [-0.05, 0) is 59.6 Å². The van der Waals surface area contributed by atoms with Crippen LogP contribution >= 0.6 is 23.8 Å². The van der Waals surface area contributed by atoms with Gasteiger partial charge in [-0.3, -0.25) is 19.8 Å². The van der Waals surface area contributed by atoms with E-state index in [1.54, 1.807) is 30.3 Å². The largest absolute Gasteiger partial charge is 0.377 e. The van der Waals surface area contributed by atoms with Gasteiger partial charge in [0.25, 0.3) is 11.8 Å². The third-order valence-corrected chi connectivity index (χ3v) is 5.44.